The Bertz CT molecular complexity index is 149. The van der Waals surface area contributed by atoms with Gasteiger partial charge in [-0.2, -0.15) is 0 Å². The lowest BCUT2D eigenvalue weighted by atomic mass is 10.6. The van der Waals surface area contributed by atoms with E-state index in [9.17, 15) is 0 Å². The predicted octanol–water partition coefficient (Wildman–Crippen LogP) is -1.31. The highest BCUT2D eigenvalue weighted by Gasteiger charge is 2.08. The number of amidine groups is 2. The van der Waals surface area contributed by atoms with E-state index in [1.807, 2.05) is 0 Å². The Kier molecular flexibility index (Phi) is 1.03. The largest absolute Gasteiger partial charge is 0.409 e. The van der Waals surface area contributed by atoms with Crippen molar-refractivity contribution in [1.29, 1.82) is 0 Å². The maximum absolute atomic E-state index is 8.10. The van der Waals surface area contributed by atoms with E-state index in [2.05, 4.69) is 15.5 Å². The van der Waals surface area contributed by atoms with Crippen LogP contribution in [0, 0.1) is 0 Å². The van der Waals surface area contributed by atoms with Crippen LogP contribution in [0.2, 0.25) is 0 Å². The van der Waals surface area contributed by atoms with Crippen LogP contribution in [-0.2, 0) is 0 Å². The third-order valence-electron chi connectivity index (χ3n) is 0.839. The first-order chi connectivity index (χ1) is 3.84. The Morgan fingerprint density at radius 1 is 1.88 bits per heavy atom. The second-order valence-electron chi connectivity index (χ2n) is 1.33. The van der Waals surface area contributed by atoms with E-state index in [1.165, 1.54) is 0 Å². The molecule has 0 amide bonds. The van der Waals surface area contributed by atoms with Gasteiger partial charge < -0.3 is 16.3 Å². The van der Waals surface area contributed by atoms with Crippen LogP contribution in [0.3, 0.4) is 0 Å². The average molecular weight is 114 g/mol. The summed E-state index contributed by atoms with van der Waals surface area (Å²) in [6.45, 7) is 0.408. The SMILES string of the molecule is NC1=NCN/C1=N\O. The van der Waals surface area contributed by atoms with Gasteiger partial charge in [-0.15, -0.1) is 0 Å². The van der Waals surface area contributed by atoms with Crippen molar-refractivity contribution in [3.8, 4) is 0 Å². The van der Waals surface area contributed by atoms with Crippen molar-refractivity contribution in [3.63, 3.8) is 0 Å². The van der Waals surface area contributed by atoms with Crippen molar-refractivity contribution in [3.05, 3.63) is 0 Å². The molecule has 0 aromatic carbocycles. The highest BCUT2D eigenvalue weighted by molar-refractivity contribution is 6.40. The molecule has 0 fully saturated rings. The second-order valence-corrected chi connectivity index (χ2v) is 1.33. The summed E-state index contributed by atoms with van der Waals surface area (Å²) in [5.41, 5.74) is 5.19. The standard InChI is InChI=1S/C3H6N4O/c4-2-3(7-8)6-1-5-2/h8H,1H2,(H2,4,5)(H,6,7). The summed E-state index contributed by atoms with van der Waals surface area (Å²) in [6.07, 6.45) is 0. The molecule has 0 saturated carbocycles. The molecule has 1 heterocycles. The molecule has 0 aromatic rings. The van der Waals surface area contributed by atoms with E-state index in [-0.39, 0.29) is 11.7 Å². The first-order valence-corrected chi connectivity index (χ1v) is 2.11. The van der Waals surface area contributed by atoms with Crippen LogP contribution >= 0.6 is 0 Å². The first kappa shape index (κ1) is 4.89. The fourth-order valence-electron chi connectivity index (χ4n) is 0.452. The quantitative estimate of drug-likeness (QED) is 0.270. The summed E-state index contributed by atoms with van der Waals surface area (Å²) >= 11 is 0. The molecule has 8 heavy (non-hydrogen) atoms. The molecule has 0 aliphatic carbocycles. The highest BCUT2D eigenvalue weighted by Crippen LogP contribution is 1.82. The molecular formula is C3H6N4O. The lowest BCUT2D eigenvalue weighted by Gasteiger charge is -1.89. The number of nitrogens with zero attached hydrogens (tertiary/aromatic N) is 2. The molecule has 0 radical (unpaired) electrons. The number of nitrogens with one attached hydrogen (secondary N) is 1. The van der Waals surface area contributed by atoms with E-state index >= 15 is 0 Å². The first-order valence-electron chi connectivity index (χ1n) is 2.11. The molecule has 0 saturated heterocycles. The molecule has 0 atom stereocenters. The molecule has 0 bridgehead atoms. The molecule has 1 aliphatic heterocycles. The van der Waals surface area contributed by atoms with Crippen LogP contribution in [0.5, 0.6) is 0 Å². The number of nitrogens with two attached hydrogens (primary N) is 1. The molecule has 0 unspecified atom stereocenters. The van der Waals surface area contributed by atoms with Gasteiger partial charge in [-0.3, -0.25) is 0 Å². The fourth-order valence-corrected chi connectivity index (χ4v) is 0.452. The van der Waals surface area contributed by atoms with E-state index in [1.54, 1.807) is 0 Å². The van der Waals surface area contributed by atoms with Crippen molar-refractivity contribution in [1.82, 2.24) is 5.32 Å². The Morgan fingerprint density at radius 2 is 2.62 bits per heavy atom. The zero-order chi connectivity index (χ0) is 5.98. The number of oxime groups is 1. The molecular weight excluding hydrogens is 108 g/mol. The van der Waals surface area contributed by atoms with Gasteiger partial charge in [-0.1, -0.05) is 5.16 Å². The number of hydrogen-bond donors (Lipinski definition) is 3. The fraction of sp³-hybridized carbons (Fsp3) is 0.333. The molecule has 44 valence electrons. The van der Waals surface area contributed by atoms with E-state index in [0.717, 1.165) is 0 Å². The zero-order valence-corrected chi connectivity index (χ0v) is 4.13. The van der Waals surface area contributed by atoms with Crippen LogP contribution in [0.15, 0.2) is 10.1 Å². The normalized spacial score (nSPS) is 23.0. The molecule has 4 N–H and O–H groups in total. The van der Waals surface area contributed by atoms with Crippen LogP contribution in [-0.4, -0.2) is 23.5 Å². The molecule has 1 aliphatic rings. The third-order valence-corrected chi connectivity index (χ3v) is 0.839. The number of aliphatic imine (C=N–C) groups is 1. The lowest BCUT2D eigenvalue weighted by Crippen LogP contribution is -2.28. The van der Waals surface area contributed by atoms with Gasteiger partial charge in [0.2, 0.25) is 5.84 Å². The second kappa shape index (κ2) is 1.69. The van der Waals surface area contributed by atoms with E-state index in [4.69, 9.17) is 10.9 Å². The van der Waals surface area contributed by atoms with Gasteiger partial charge in [0.1, 0.15) is 6.67 Å². The summed E-state index contributed by atoms with van der Waals surface area (Å²) in [6, 6.07) is 0. The minimum atomic E-state index is 0.255. The minimum Gasteiger partial charge on any atom is -0.409 e. The number of hydrogen-bond acceptors (Lipinski definition) is 4. The topological polar surface area (TPSA) is 83.0 Å². The van der Waals surface area contributed by atoms with Crippen LogP contribution in [0.4, 0.5) is 0 Å². The van der Waals surface area contributed by atoms with Gasteiger partial charge in [-0.25, -0.2) is 4.99 Å². The van der Waals surface area contributed by atoms with Gasteiger partial charge >= 0.3 is 0 Å². The summed E-state index contributed by atoms with van der Waals surface area (Å²) < 4.78 is 0. The maximum atomic E-state index is 8.10. The Morgan fingerprint density at radius 3 is 2.88 bits per heavy atom. The van der Waals surface area contributed by atoms with Gasteiger partial charge in [0, 0.05) is 0 Å². The van der Waals surface area contributed by atoms with Crippen molar-refractivity contribution in [2.75, 3.05) is 6.67 Å². The Hall–Kier alpha value is -1.26. The third kappa shape index (κ3) is 0.575. The van der Waals surface area contributed by atoms with Crippen molar-refractivity contribution >= 4 is 11.7 Å². The van der Waals surface area contributed by atoms with Crippen LogP contribution in [0.1, 0.15) is 0 Å². The zero-order valence-electron chi connectivity index (χ0n) is 4.13. The summed E-state index contributed by atoms with van der Waals surface area (Å²) in [5, 5.41) is 13.5. The van der Waals surface area contributed by atoms with Crippen LogP contribution in [0.25, 0.3) is 0 Å². The highest BCUT2D eigenvalue weighted by atomic mass is 16.4. The summed E-state index contributed by atoms with van der Waals surface area (Å²) in [7, 11) is 0. The van der Waals surface area contributed by atoms with E-state index < -0.39 is 0 Å². The Labute approximate surface area is 45.9 Å². The van der Waals surface area contributed by atoms with Crippen LogP contribution < -0.4 is 11.1 Å². The Balaban J connectivity index is 2.74. The summed E-state index contributed by atoms with van der Waals surface area (Å²) in [4.78, 5) is 3.68. The number of rotatable bonds is 0. The predicted molar refractivity (Wildman–Crippen MR) is 28.8 cm³/mol. The van der Waals surface area contributed by atoms with Gasteiger partial charge in [-0.05, 0) is 0 Å². The molecule has 0 aromatic heterocycles. The monoisotopic (exact) mass is 114 g/mol. The lowest BCUT2D eigenvalue weighted by molar-refractivity contribution is 0.318. The van der Waals surface area contributed by atoms with Crippen molar-refractivity contribution < 1.29 is 5.21 Å². The maximum Gasteiger partial charge on any atom is 0.209 e. The molecule has 1 rings (SSSR count). The molecule has 5 nitrogen and oxygen atoms in total. The molecule has 0 spiro atoms. The smallest absolute Gasteiger partial charge is 0.209 e. The van der Waals surface area contributed by atoms with Gasteiger partial charge in [0.25, 0.3) is 0 Å². The molecule has 5 heteroatoms. The van der Waals surface area contributed by atoms with Gasteiger partial charge in [0.05, 0.1) is 0 Å². The minimum absolute atomic E-state index is 0.255. The van der Waals surface area contributed by atoms with Crippen molar-refractivity contribution in [2.24, 2.45) is 15.9 Å². The average Bonchev–Trinajstić information content (AvgIpc) is 2.14. The van der Waals surface area contributed by atoms with Crippen molar-refractivity contribution in [2.45, 2.75) is 0 Å². The van der Waals surface area contributed by atoms with Gasteiger partial charge in [0.15, 0.2) is 5.84 Å². The summed E-state index contributed by atoms with van der Waals surface area (Å²) in [5.74, 6) is 0.512. The van der Waals surface area contributed by atoms with E-state index in [0.29, 0.717) is 6.67 Å².